The van der Waals surface area contributed by atoms with Gasteiger partial charge in [-0.15, -0.1) is 0 Å². The van der Waals surface area contributed by atoms with Crippen LogP contribution in [-0.2, 0) is 13.7 Å². The quantitative estimate of drug-likeness (QED) is 0.569. The zero-order valence-corrected chi connectivity index (χ0v) is 7.48. The Morgan fingerprint density at radius 1 is 1.73 bits per heavy atom. The van der Waals surface area contributed by atoms with E-state index in [2.05, 4.69) is 0 Å². The second-order valence-corrected chi connectivity index (χ2v) is 6.14. The molecule has 0 spiro atoms. The molecule has 0 aliphatic heterocycles. The van der Waals surface area contributed by atoms with Crippen molar-refractivity contribution >= 4 is 25.6 Å². The summed E-state index contributed by atoms with van der Waals surface area (Å²) in [5.74, 6) is -1.83. The Labute approximate surface area is 68.3 Å². The Morgan fingerprint density at radius 2 is 2.18 bits per heavy atom. The van der Waals surface area contributed by atoms with Gasteiger partial charge in [-0.25, -0.2) is 8.42 Å². The number of nitrogens with two attached hydrogens (primary N) is 1. The van der Waals surface area contributed by atoms with Crippen molar-refractivity contribution in [2.45, 2.75) is 6.04 Å². The molecule has 7 heteroatoms. The zero-order chi connectivity index (χ0) is 9.07. The van der Waals surface area contributed by atoms with Gasteiger partial charge in [-0.1, -0.05) is 0 Å². The van der Waals surface area contributed by atoms with E-state index in [1.165, 1.54) is 6.26 Å². The summed E-state index contributed by atoms with van der Waals surface area (Å²) in [4.78, 5) is 10.1. The standard InChI is InChI=1S/C4H9NO4S2/c1-10-11(8,9)2-3(5)4(6)7/h3H,2,5H2,1H3,(H,6,7). The van der Waals surface area contributed by atoms with Crippen LogP contribution in [0.4, 0.5) is 0 Å². The zero-order valence-electron chi connectivity index (χ0n) is 5.85. The summed E-state index contributed by atoms with van der Waals surface area (Å²) in [6, 6.07) is -1.33. The third kappa shape index (κ3) is 4.23. The first kappa shape index (κ1) is 10.7. The molecule has 66 valence electrons. The minimum absolute atomic E-state index is 0.524. The topological polar surface area (TPSA) is 97.5 Å². The summed E-state index contributed by atoms with van der Waals surface area (Å²) in [7, 11) is -2.75. The van der Waals surface area contributed by atoms with E-state index < -0.39 is 26.6 Å². The Balaban J connectivity index is 4.16. The van der Waals surface area contributed by atoms with E-state index >= 15 is 0 Å². The predicted octanol–water partition coefficient (Wildman–Crippen LogP) is -0.909. The Hall–Kier alpha value is -0.270. The fraction of sp³-hybridized carbons (Fsp3) is 0.750. The lowest BCUT2D eigenvalue weighted by Gasteiger charge is -2.03. The summed E-state index contributed by atoms with van der Waals surface area (Å²) >= 11 is 0. The van der Waals surface area contributed by atoms with Crippen LogP contribution in [0.5, 0.6) is 0 Å². The maximum Gasteiger partial charge on any atom is 0.321 e. The molecular formula is C4H9NO4S2. The van der Waals surface area contributed by atoms with Gasteiger partial charge in [0.25, 0.3) is 0 Å². The van der Waals surface area contributed by atoms with Gasteiger partial charge in [-0.3, -0.25) is 4.79 Å². The minimum atomic E-state index is -3.35. The van der Waals surface area contributed by atoms with Crippen molar-refractivity contribution in [1.82, 2.24) is 0 Å². The van der Waals surface area contributed by atoms with Gasteiger partial charge in [0.05, 0.1) is 5.75 Å². The average Bonchev–Trinajstić information content (AvgIpc) is 1.87. The van der Waals surface area contributed by atoms with Crippen molar-refractivity contribution in [3.8, 4) is 0 Å². The van der Waals surface area contributed by atoms with Gasteiger partial charge in [0.15, 0.2) is 0 Å². The van der Waals surface area contributed by atoms with Crippen molar-refractivity contribution in [1.29, 1.82) is 0 Å². The molecule has 1 unspecified atom stereocenters. The molecule has 1 atom stereocenters. The predicted molar refractivity (Wildman–Crippen MR) is 42.9 cm³/mol. The van der Waals surface area contributed by atoms with E-state index in [4.69, 9.17) is 10.8 Å². The maximum atomic E-state index is 10.7. The van der Waals surface area contributed by atoms with Crippen LogP contribution >= 0.6 is 10.8 Å². The molecule has 0 bridgehead atoms. The number of hydrogen-bond acceptors (Lipinski definition) is 5. The van der Waals surface area contributed by atoms with Crippen LogP contribution in [0.3, 0.4) is 0 Å². The van der Waals surface area contributed by atoms with Crippen molar-refractivity contribution in [2.24, 2.45) is 5.73 Å². The van der Waals surface area contributed by atoms with Crippen molar-refractivity contribution in [3.05, 3.63) is 0 Å². The third-order valence-corrected chi connectivity index (χ3v) is 4.16. The van der Waals surface area contributed by atoms with Crippen LogP contribution in [0.2, 0.25) is 0 Å². The lowest BCUT2D eigenvalue weighted by atomic mass is 10.4. The Kier molecular flexibility index (Phi) is 3.84. The van der Waals surface area contributed by atoms with Crippen LogP contribution in [0.15, 0.2) is 0 Å². The second-order valence-electron chi connectivity index (χ2n) is 1.84. The number of carboxylic acids is 1. The summed E-state index contributed by atoms with van der Waals surface area (Å²) in [5.41, 5.74) is 4.99. The lowest BCUT2D eigenvalue weighted by molar-refractivity contribution is -0.137. The second kappa shape index (κ2) is 3.93. The molecule has 3 N–H and O–H groups in total. The molecule has 0 aliphatic carbocycles. The Morgan fingerprint density at radius 3 is 2.45 bits per heavy atom. The average molecular weight is 199 g/mol. The van der Waals surface area contributed by atoms with E-state index in [0.29, 0.717) is 10.8 Å². The fourth-order valence-electron chi connectivity index (χ4n) is 0.359. The molecule has 11 heavy (non-hydrogen) atoms. The van der Waals surface area contributed by atoms with Crippen molar-refractivity contribution in [3.63, 3.8) is 0 Å². The van der Waals surface area contributed by atoms with E-state index in [9.17, 15) is 13.2 Å². The van der Waals surface area contributed by atoms with E-state index in [1.807, 2.05) is 0 Å². The summed E-state index contributed by atoms with van der Waals surface area (Å²) in [6.45, 7) is 0. The van der Waals surface area contributed by atoms with Gasteiger partial charge in [-0.05, 0) is 17.0 Å². The summed E-state index contributed by atoms with van der Waals surface area (Å²) in [6.07, 6.45) is 1.36. The van der Waals surface area contributed by atoms with Gasteiger partial charge in [0, 0.05) is 0 Å². The highest BCUT2D eigenvalue weighted by molar-refractivity contribution is 8.71. The number of hydrogen-bond donors (Lipinski definition) is 2. The highest BCUT2D eigenvalue weighted by atomic mass is 33.1. The van der Waals surface area contributed by atoms with Gasteiger partial charge < -0.3 is 10.8 Å². The fourth-order valence-corrected chi connectivity index (χ4v) is 1.93. The molecular weight excluding hydrogens is 190 g/mol. The first-order valence-electron chi connectivity index (χ1n) is 2.65. The smallest absolute Gasteiger partial charge is 0.321 e. The largest absolute Gasteiger partial charge is 0.480 e. The molecule has 0 saturated carbocycles. The minimum Gasteiger partial charge on any atom is -0.480 e. The number of carboxylic acid groups (broad SMARTS) is 1. The number of carbonyl (C=O) groups is 1. The van der Waals surface area contributed by atoms with Crippen LogP contribution in [0.25, 0.3) is 0 Å². The molecule has 0 amide bonds. The first-order chi connectivity index (χ1) is 4.89. The molecule has 0 fully saturated rings. The van der Waals surface area contributed by atoms with E-state index in [0.717, 1.165) is 0 Å². The van der Waals surface area contributed by atoms with Gasteiger partial charge in [0.2, 0.25) is 8.87 Å². The monoisotopic (exact) mass is 199 g/mol. The van der Waals surface area contributed by atoms with Crippen LogP contribution in [-0.4, -0.2) is 37.5 Å². The van der Waals surface area contributed by atoms with Crippen molar-refractivity contribution in [2.75, 3.05) is 12.0 Å². The van der Waals surface area contributed by atoms with Crippen LogP contribution in [0, 0.1) is 0 Å². The highest BCUT2D eigenvalue weighted by Crippen LogP contribution is 2.08. The first-order valence-corrected chi connectivity index (χ1v) is 6.05. The summed E-state index contributed by atoms with van der Waals surface area (Å²) in [5, 5.41) is 8.24. The van der Waals surface area contributed by atoms with Gasteiger partial charge in [0.1, 0.15) is 6.04 Å². The van der Waals surface area contributed by atoms with E-state index in [1.54, 1.807) is 0 Å². The van der Waals surface area contributed by atoms with Crippen LogP contribution < -0.4 is 5.73 Å². The molecule has 0 aromatic carbocycles. The number of rotatable bonds is 4. The lowest BCUT2D eigenvalue weighted by Crippen LogP contribution is -2.36. The van der Waals surface area contributed by atoms with Crippen molar-refractivity contribution < 1.29 is 18.3 Å². The summed E-state index contributed by atoms with van der Waals surface area (Å²) < 4.78 is 21.5. The third-order valence-electron chi connectivity index (χ3n) is 0.955. The van der Waals surface area contributed by atoms with E-state index in [-0.39, 0.29) is 0 Å². The molecule has 0 saturated heterocycles. The van der Waals surface area contributed by atoms with Gasteiger partial charge in [-0.2, -0.15) is 0 Å². The Bertz CT molecular complexity index is 234. The van der Waals surface area contributed by atoms with Gasteiger partial charge >= 0.3 is 5.97 Å². The molecule has 0 aromatic heterocycles. The molecule has 0 heterocycles. The molecule has 5 nitrogen and oxygen atoms in total. The van der Waals surface area contributed by atoms with Crippen LogP contribution in [0.1, 0.15) is 0 Å². The SMILES string of the molecule is CSS(=O)(=O)CC(N)C(=O)O. The normalized spacial score (nSPS) is 14.4. The molecule has 0 aliphatic rings. The molecule has 0 radical (unpaired) electrons. The highest BCUT2D eigenvalue weighted by Gasteiger charge is 2.20. The number of aliphatic carboxylic acids is 1. The molecule has 0 aromatic rings. The molecule has 0 rings (SSSR count). The maximum absolute atomic E-state index is 10.7.